The molecule has 0 radical (unpaired) electrons. The van der Waals surface area contributed by atoms with Gasteiger partial charge in [0.1, 0.15) is 5.75 Å². The minimum Gasteiger partial charge on any atom is -0.496 e. The quantitative estimate of drug-likeness (QED) is 0.916. The topological polar surface area (TPSA) is 35.2 Å². The Bertz CT molecular complexity index is 386. The van der Waals surface area contributed by atoms with E-state index < -0.39 is 0 Å². The minimum atomic E-state index is 0.536. The van der Waals surface area contributed by atoms with E-state index in [2.05, 4.69) is 28.9 Å². The molecular formula is C12H16BrNO. The van der Waals surface area contributed by atoms with Crippen molar-refractivity contribution in [2.24, 2.45) is 5.73 Å². The molecule has 0 unspecified atom stereocenters. The molecular weight excluding hydrogens is 254 g/mol. The van der Waals surface area contributed by atoms with E-state index in [-0.39, 0.29) is 0 Å². The number of methoxy groups -OCH3 is 1. The number of nitrogens with two attached hydrogens (primary N) is 1. The molecule has 0 saturated carbocycles. The van der Waals surface area contributed by atoms with Crippen LogP contribution >= 0.6 is 15.9 Å². The molecule has 0 aromatic heterocycles. The van der Waals surface area contributed by atoms with Crippen molar-refractivity contribution in [3.05, 3.63) is 33.3 Å². The van der Waals surface area contributed by atoms with Gasteiger partial charge in [-0.15, -0.1) is 0 Å². The maximum atomic E-state index is 5.45. The highest BCUT2D eigenvalue weighted by atomic mass is 79.9. The van der Waals surface area contributed by atoms with Crippen LogP contribution in [0.2, 0.25) is 0 Å². The Morgan fingerprint density at radius 3 is 2.67 bits per heavy atom. The van der Waals surface area contributed by atoms with Crippen LogP contribution in [0.5, 0.6) is 5.75 Å². The largest absolute Gasteiger partial charge is 0.496 e. The summed E-state index contributed by atoms with van der Waals surface area (Å²) in [7, 11) is 1.69. The molecule has 0 aliphatic heterocycles. The van der Waals surface area contributed by atoms with Crippen LogP contribution in [-0.4, -0.2) is 13.7 Å². The number of rotatable bonds is 3. The first kappa shape index (κ1) is 12.3. The van der Waals surface area contributed by atoms with E-state index in [0.29, 0.717) is 6.54 Å². The number of hydrogen-bond donors (Lipinski definition) is 1. The first-order valence-electron chi connectivity index (χ1n) is 4.82. The van der Waals surface area contributed by atoms with Crippen molar-refractivity contribution >= 4 is 22.0 Å². The number of halogens is 1. The van der Waals surface area contributed by atoms with Gasteiger partial charge in [-0.05, 0) is 31.0 Å². The third-order valence-electron chi connectivity index (χ3n) is 2.33. The van der Waals surface area contributed by atoms with Gasteiger partial charge in [0.05, 0.1) is 7.11 Å². The third-order valence-corrected chi connectivity index (χ3v) is 3.16. The molecule has 0 bridgehead atoms. The lowest BCUT2D eigenvalue weighted by atomic mass is 10.0. The molecule has 15 heavy (non-hydrogen) atoms. The van der Waals surface area contributed by atoms with Crippen LogP contribution in [0.15, 0.2) is 16.6 Å². The highest BCUT2D eigenvalue weighted by Crippen LogP contribution is 2.32. The van der Waals surface area contributed by atoms with Gasteiger partial charge in [0.2, 0.25) is 0 Å². The van der Waals surface area contributed by atoms with Crippen molar-refractivity contribution in [3.8, 4) is 5.75 Å². The van der Waals surface area contributed by atoms with E-state index in [1.54, 1.807) is 7.11 Å². The zero-order chi connectivity index (χ0) is 11.4. The third kappa shape index (κ3) is 2.61. The molecule has 0 amide bonds. The summed E-state index contributed by atoms with van der Waals surface area (Å²) in [6, 6.07) is 2.06. The van der Waals surface area contributed by atoms with Gasteiger partial charge >= 0.3 is 0 Å². The molecule has 0 fully saturated rings. The van der Waals surface area contributed by atoms with Crippen LogP contribution in [0.25, 0.3) is 6.08 Å². The second-order valence-corrected chi connectivity index (χ2v) is 4.24. The minimum absolute atomic E-state index is 0.536. The number of ether oxygens (including phenoxy) is 1. The Morgan fingerprint density at radius 1 is 1.47 bits per heavy atom. The van der Waals surface area contributed by atoms with E-state index in [4.69, 9.17) is 10.5 Å². The molecule has 1 aromatic carbocycles. The zero-order valence-corrected chi connectivity index (χ0v) is 10.9. The average Bonchev–Trinajstić information content (AvgIpc) is 2.21. The summed E-state index contributed by atoms with van der Waals surface area (Å²) in [5.74, 6) is 0.917. The molecule has 0 aliphatic rings. The summed E-state index contributed by atoms with van der Waals surface area (Å²) in [5, 5.41) is 0. The van der Waals surface area contributed by atoms with Crippen LogP contribution in [-0.2, 0) is 0 Å². The van der Waals surface area contributed by atoms with Gasteiger partial charge in [0.25, 0.3) is 0 Å². The summed E-state index contributed by atoms with van der Waals surface area (Å²) >= 11 is 3.53. The van der Waals surface area contributed by atoms with Crippen molar-refractivity contribution < 1.29 is 4.74 Å². The standard InChI is InChI=1S/C12H16BrNO/c1-8-7-11(13)9(2)10(5-4-6-14)12(8)15-3/h4-5,7H,6,14H2,1-3H3/b5-4+. The van der Waals surface area contributed by atoms with Crippen molar-refractivity contribution in [2.45, 2.75) is 13.8 Å². The predicted molar refractivity (Wildman–Crippen MR) is 68.3 cm³/mol. The first-order valence-corrected chi connectivity index (χ1v) is 5.61. The lowest BCUT2D eigenvalue weighted by Crippen LogP contribution is -1.96. The van der Waals surface area contributed by atoms with Gasteiger partial charge in [0, 0.05) is 16.6 Å². The number of aryl methyl sites for hydroxylation is 1. The van der Waals surface area contributed by atoms with Crippen LogP contribution in [0.4, 0.5) is 0 Å². The van der Waals surface area contributed by atoms with Crippen molar-refractivity contribution in [2.75, 3.05) is 13.7 Å². The molecule has 0 aliphatic carbocycles. The smallest absolute Gasteiger partial charge is 0.129 e. The Labute approximate surface area is 99.3 Å². The monoisotopic (exact) mass is 269 g/mol. The second kappa shape index (κ2) is 5.33. The van der Waals surface area contributed by atoms with E-state index in [1.165, 1.54) is 5.56 Å². The number of hydrogen-bond acceptors (Lipinski definition) is 2. The highest BCUT2D eigenvalue weighted by Gasteiger charge is 2.10. The van der Waals surface area contributed by atoms with Crippen LogP contribution < -0.4 is 10.5 Å². The molecule has 0 heterocycles. The summed E-state index contributed by atoms with van der Waals surface area (Å²) in [4.78, 5) is 0. The zero-order valence-electron chi connectivity index (χ0n) is 9.30. The Morgan fingerprint density at radius 2 is 2.13 bits per heavy atom. The van der Waals surface area contributed by atoms with Crippen LogP contribution in [0, 0.1) is 13.8 Å². The molecule has 2 N–H and O–H groups in total. The lowest BCUT2D eigenvalue weighted by molar-refractivity contribution is 0.410. The Hall–Kier alpha value is -0.800. The SMILES string of the molecule is COc1c(C)cc(Br)c(C)c1/C=C/CN. The molecule has 0 atom stereocenters. The Kier molecular flexibility index (Phi) is 4.36. The van der Waals surface area contributed by atoms with Crippen molar-refractivity contribution in [1.82, 2.24) is 0 Å². The highest BCUT2D eigenvalue weighted by molar-refractivity contribution is 9.10. The van der Waals surface area contributed by atoms with Gasteiger partial charge in [0.15, 0.2) is 0 Å². The van der Waals surface area contributed by atoms with Gasteiger partial charge < -0.3 is 10.5 Å². The van der Waals surface area contributed by atoms with Gasteiger partial charge in [-0.2, -0.15) is 0 Å². The molecule has 1 rings (SSSR count). The first-order chi connectivity index (χ1) is 7.11. The molecule has 82 valence electrons. The predicted octanol–water partition coefficient (Wildman–Crippen LogP) is 3.05. The van der Waals surface area contributed by atoms with E-state index in [1.807, 2.05) is 19.1 Å². The lowest BCUT2D eigenvalue weighted by Gasteiger charge is -2.13. The fraction of sp³-hybridized carbons (Fsp3) is 0.333. The molecule has 1 aromatic rings. The second-order valence-electron chi connectivity index (χ2n) is 3.39. The maximum Gasteiger partial charge on any atom is 0.129 e. The average molecular weight is 270 g/mol. The molecule has 2 nitrogen and oxygen atoms in total. The summed E-state index contributed by atoms with van der Waals surface area (Å²) in [6.07, 6.45) is 3.93. The summed E-state index contributed by atoms with van der Waals surface area (Å²) in [6.45, 7) is 4.62. The maximum absolute atomic E-state index is 5.45. The van der Waals surface area contributed by atoms with Crippen molar-refractivity contribution in [1.29, 1.82) is 0 Å². The summed E-state index contributed by atoms with van der Waals surface area (Å²) in [5.41, 5.74) is 8.83. The number of benzene rings is 1. The van der Waals surface area contributed by atoms with Crippen LogP contribution in [0.1, 0.15) is 16.7 Å². The fourth-order valence-corrected chi connectivity index (χ4v) is 2.09. The molecule has 3 heteroatoms. The summed E-state index contributed by atoms with van der Waals surface area (Å²) < 4.78 is 6.49. The van der Waals surface area contributed by atoms with Crippen molar-refractivity contribution in [3.63, 3.8) is 0 Å². The van der Waals surface area contributed by atoms with Gasteiger partial charge in [-0.1, -0.05) is 28.1 Å². The van der Waals surface area contributed by atoms with Gasteiger partial charge in [-0.25, -0.2) is 0 Å². The normalized spacial score (nSPS) is 11.0. The molecule has 0 spiro atoms. The van der Waals surface area contributed by atoms with Crippen LogP contribution in [0.3, 0.4) is 0 Å². The van der Waals surface area contributed by atoms with E-state index in [9.17, 15) is 0 Å². The Balaban J connectivity index is 3.36. The fourth-order valence-electron chi connectivity index (χ4n) is 1.53. The molecule has 0 saturated heterocycles. The van der Waals surface area contributed by atoms with Gasteiger partial charge in [-0.3, -0.25) is 0 Å². The van der Waals surface area contributed by atoms with E-state index in [0.717, 1.165) is 21.3 Å². The van der Waals surface area contributed by atoms with E-state index >= 15 is 0 Å².